The van der Waals surface area contributed by atoms with Crippen molar-refractivity contribution in [3.63, 3.8) is 0 Å². The lowest BCUT2D eigenvalue weighted by Gasteiger charge is -2.20. The molecule has 0 radical (unpaired) electrons. The molecule has 9 nitrogen and oxygen atoms in total. The molecular formula is C30H27Cl2FN4O5S. The van der Waals surface area contributed by atoms with Gasteiger partial charge >= 0.3 is 0 Å². The van der Waals surface area contributed by atoms with Gasteiger partial charge in [-0.15, -0.1) is 0 Å². The molecule has 1 aromatic heterocycles. The minimum Gasteiger partial charge on any atom is -0.497 e. The normalized spacial score (nSPS) is 15.3. The van der Waals surface area contributed by atoms with Gasteiger partial charge in [0.1, 0.15) is 11.6 Å². The topological polar surface area (TPSA) is 115 Å². The Bertz CT molecular complexity index is 1840. The van der Waals surface area contributed by atoms with Crippen molar-refractivity contribution in [2.45, 2.75) is 36.5 Å². The fourth-order valence-electron chi connectivity index (χ4n) is 5.48. The van der Waals surface area contributed by atoms with E-state index in [0.29, 0.717) is 63.6 Å². The van der Waals surface area contributed by atoms with Crippen molar-refractivity contribution in [2.75, 3.05) is 36.2 Å². The van der Waals surface area contributed by atoms with Gasteiger partial charge in [-0.05, 0) is 67.3 Å². The van der Waals surface area contributed by atoms with Crippen molar-refractivity contribution in [1.29, 1.82) is 0 Å². The monoisotopic (exact) mass is 644 g/mol. The number of methoxy groups -OCH3 is 1. The lowest BCUT2D eigenvalue weighted by atomic mass is 9.94. The Morgan fingerprint density at radius 1 is 1.14 bits per heavy atom. The first-order valence-electron chi connectivity index (χ1n) is 13.6. The molecule has 0 atom stereocenters. The lowest BCUT2D eigenvalue weighted by Crippen LogP contribution is -2.31. The van der Waals surface area contributed by atoms with E-state index in [9.17, 15) is 17.6 Å². The molecule has 43 heavy (non-hydrogen) atoms. The standard InChI is InChI=1S/C30H27Cl2FN4O5S/c1-3-43(39,40)20-5-7-25-17(12-20)8-11-37(25)16-26(38)34-18-13-22(31)27(23(32)14-18)30(9-10-30)29-35-28(42-36-29)21-6-4-19(41-2)15-24(21)33/h4-7,12-15H,3,8-11,16H2,1-2H3,(H,34,38). The Balaban J connectivity index is 1.18. The molecule has 0 unspecified atom stereocenters. The van der Waals surface area contributed by atoms with Gasteiger partial charge in [-0.1, -0.05) is 35.3 Å². The van der Waals surface area contributed by atoms with Crippen LogP contribution in [0.2, 0.25) is 10.0 Å². The number of aromatic nitrogens is 2. The molecule has 224 valence electrons. The van der Waals surface area contributed by atoms with Crippen molar-refractivity contribution in [2.24, 2.45) is 0 Å². The predicted molar refractivity (Wildman–Crippen MR) is 161 cm³/mol. The van der Waals surface area contributed by atoms with E-state index in [1.807, 2.05) is 4.90 Å². The van der Waals surface area contributed by atoms with Crippen LogP contribution in [0.3, 0.4) is 0 Å². The third-order valence-corrected chi connectivity index (χ3v) is 10.3. The zero-order valence-electron chi connectivity index (χ0n) is 23.3. The first-order chi connectivity index (χ1) is 20.5. The highest BCUT2D eigenvalue weighted by molar-refractivity contribution is 7.91. The van der Waals surface area contributed by atoms with Crippen LogP contribution in [0.15, 0.2) is 57.9 Å². The van der Waals surface area contributed by atoms with Crippen LogP contribution < -0.4 is 15.0 Å². The number of halogens is 3. The second-order valence-electron chi connectivity index (χ2n) is 10.6. The molecule has 2 heterocycles. The van der Waals surface area contributed by atoms with Crippen molar-refractivity contribution in [1.82, 2.24) is 10.1 Å². The van der Waals surface area contributed by atoms with Gasteiger partial charge in [0.05, 0.1) is 35.3 Å². The number of nitrogens with zero attached hydrogens (tertiary/aromatic N) is 3. The highest BCUT2D eigenvalue weighted by atomic mass is 35.5. The molecule has 13 heteroatoms. The number of fused-ring (bicyclic) bond motifs is 1. The molecule has 0 saturated heterocycles. The summed E-state index contributed by atoms with van der Waals surface area (Å²) in [6, 6.07) is 12.6. The maximum absolute atomic E-state index is 14.6. The molecule has 1 aliphatic heterocycles. The van der Waals surface area contributed by atoms with Crippen LogP contribution in [0, 0.1) is 5.82 Å². The fourth-order valence-corrected chi connectivity index (χ4v) is 7.26. The molecule has 1 aliphatic carbocycles. The average Bonchev–Trinajstić information content (AvgIpc) is 3.42. The summed E-state index contributed by atoms with van der Waals surface area (Å²) in [5.74, 6) is -0.0482. The van der Waals surface area contributed by atoms with E-state index in [1.54, 1.807) is 43.3 Å². The van der Waals surface area contributed by atoms with Gasteiger partial charge < -0.3 is 19.5 Å². The molecule has 0 spiro atoms. The second kappa shape index (κ2) is 11.1. The van der Waals surface area contributed by atoms with Crippen LogP contribution in [-0.4, -0.2) is 50.4 Å². The number of carbonyl (C=O) groups excluding carboxylic acids is 1. The number of anilines is 2. The number of rotatable bonds is 9. The SMILES string of the molecule is CCS(=O)(=O)c1ccc2c(c1)CCN2CC(=O)Nc1cc(Cl)c(C2(c3noc(-c4ccc(OC)cc4F)n3)CC2)c(Cl)c1. The number of amides is 1. The Morgan fingerprint density at radius 2 is 1.88 bits per heavy atom. The molecule has 4 aromatic rings. The Labute approximate surface area is 257 Å². The lowest BCUT2D eigenvalue weighted by molar-refractivity contribution is -0.115. The van der Waals surface area contributed by atoms with Crippen molar-refractivity contribution >= 4 is 50.3 Å². The number of nitrogens with one attached hydrogen (secondary N) is 1. The highest BCUT2D eigenvalue weighted by Gasteiger charge is 2.52. The minimum absolute atomic E-state index is 0.0305. The van der Waals surface area contributed by atoms with Gasteiger partial charge in [-0.3, -0.25) is 4.79 Å². The first kappa shape index (κ1) is 29.4. The van der Waals surface area contributed by atoms with Crippen molar-refractivity contribution in [3.05, 3.63) is 81.3 Å². The van der Waals surface area contributed by atoms with E-state index in [0.717, 1.165) is 11.3 Å². The molecular weight excluding hydrogens is 618 g/mol. The Morgan fingerprint density at radius 3 is 2.53 bits per heavy atom. The largest absolute Gasteiger partial charge is 0.497 e. The predicted octanol–water partition coefficient (Wildman–Crippen LogP) is 6.07. The highest BCUT2D eigenvalue weighted by Crippen LogP contribution is 2.57. The summed E-state index contributed by atoms with van der Waals surface area (Å²) >= 11 is 13.4. The van der Waals surface area contributed by atoms with Gasteiger partial charge in [0, 0.05) is 39.6 Å². The van der Waals surface area contributed by atoms with E-state index in [1.165, 1.54) is 19.2 Å². The van der Waals surface area contributed by atoms with Crippen LogP contribution in [0.4, 0.5) is 15.8 Å². The zero-order chi connectivity index (χ0) is 30.5. The molecule has 1 saturated carbocycles. The molecule has 1 N–H and O–H groups in total. The molecule has 6 rings (SSSR count). The smallest absolute Gasteiger partial charge is 0.260 e. The van der Waals surface area contributed by atoms with Gasteiger partial charge in [0.15, 0.2) is 15.7 Å². The molecule has 1 fully saturated rings. The number of hydrogen-bond acceptors (Lipinski definition) is 8. The van der Waals surface area contributed by atoms with Crippen LogP contribution >= 0.6 is 23.2 Å². The maximum atomic E-state index is 14.6. The summed E-state index contributed by atoms with van der Waals surface area (Å²) in [7, 11) is -1.86. The molecule has 1 amide bonds. The van der Waals surface area contributed by atoms with Crippen molar-refractivity contribution < 1.29 is 26.9 Å². The summed E-state index contributed by atoms with van der Waals surface area (Å²) in [5, 5.41) is 7.65. The first-order valence-corrected chi connectivity index (χ1v) is 16.0. The summed E-state index contributed by atoms with van der Waals surface area (Å²) in [6.07, 6.45) is 1.97. The minimum atomic E-state index is -3.31. The van der Waals surface area contributed by atoms with Crippen LogP contribution in [0.25, 0.3) is 11.5 Å². The third kappa shape index (κ3) is 5.45. The van der Waals surface area contributed by atoms with E-state index >= 15 is 0 Å². The number of hydrogen-bond donors (Lipinski definition) is 1. The van der Waals surface area contributed by atoms with Gasteiger partial charge in [-0.25, -0.2) is 12.8 Å². The zero-order valence-corrected chi connectivity index (χ0v) is 25.6. The second-order valence-corrected chi connectivity index (χ2v) is 13.7. The summed E-state index contributed by atoms with van der Waals surface area (Å²) < 4.78 is 49.6. The Kier molecular flexibility index (Phi) is 7.60. The van der Waals surface area contributed by atoms with Crippen LogP contribution in [0.1, 0.15) is 36.7 Å². The maximum Gasteiger partial charge on any atom is 0.260 e. The summed E-state index contributed by atoms with van der Waals surface area (Å²) in [5.41, 5.74) is 2.23. The third-order valence-electron chi connectivity index (χ3n) is 7.93. The molecule has 2 aliphatic rings. The van der Waals surface area contributed by atoms with E-state index < -0.39 is 21.1 Å². The number of benzene rings is 3. The van der Waals surface area contributed by atoms with Crippen molar-refractivity contribution in [3.8, 4) is 17.2 Å². The number of carbonyl (C=O) groups is 1. The van der Waals surface area contributed by atoms with E-state index in [-0.39, 0.29) is 29.7 Å². The van der Waals surface area contributed by atoms with Crippen LogP contribution in [-0.2, 0) is 26.5 Å². The van der Waals surface area contributed by atoms with Gasteiger partial charge in [0.2, 0.25) is 5.91 Å². The number of ether oxygens (including phenoxy) is 1. The van der Waals surface area contributed by atoms with Crippen LogP contribution in [0.5, 0.6) is 5.75 Å². The van der Waals surface area contributed by atoms with E-state index in [4.69, 9.17) is 32.5 Å². The summed E-state index contributed by atoms with van der Waals surface area (Å²) in [6.45, 7) is 2.28. The number of sulfone groups is 1. The molecule has 3 aromatic carbocycles. The van der Waals surface area contributed by atoms with E-state index in [2.05, 4.69) is 15.5 Å². The fraction of sp³-hybridized carbons (Fsp3) is 0.300. The quantitative estimate of drug-likeness (QED) is 0.234. The summed E-state index contributed by atoms with van der Waals surface area (Å²) in [4.78, 5) is 19.7. The molecule has 0 bridgehead atoms. The average molecular weight is 646 g/mol. The van der Waals surface area contributed by atoms with Gasteiger partial charge in [0.25, 0.3) is 5.89 Å². The Hall–Kier alpha value is -3.67. The van der Waals surface area contributed by atoms with Gasteiger partial charge in [-0.2, -0.15) is 4.98 Å².